The minimum atomic E-state index is -0.688. The molecule has 0 aromatic heterocycles. The number of nitro groups is 2. The molecule has 0 saturated heterocycles. The van der Waals surface area contributed by atoms with Gasteiger partial charge in [-0.15, -0.1) is 0 Å². The van der Waals surface area contributed by atoms with Crippen molar-refractivity contribution in [3.8, 4) is 0 Å². The van der Waals surface area contributed by atoms with Crippen LogP contribution in [-0.2, 0) is 0 Å². The summed E-state index contributed by atoms with van der Waals surface area (Å²) in [5.41, 5.74) is 1.39. The first-order chi connectivity index (χ1) is 7.29. The molecule has 0 aliphatic carbocycles. The highest BCUT2D eigenvalue weighted by atomic mass is 16.6. The van der Waals surface area contributed by atoms with Crippen molar-refractivity contribution < 1.29 is 9.85 Å². The van der Waals surface area contributed by atoms with Gasteiger partial charge in [0, 0.05) is 11.1 Å². The highest BCUT2D eigenvalue weighted by molar-refractivity contribution is 5.66. The van der Waals surface area contributed by atoms with Gasteiger partial charge in [-0.3, -0.25) is 20.2 Å². The van der Waals surface area contributed by atoms with Gasteiger partial charge in [-0.2, -0.15) is 0 Å². The van der Waals surface area contributed by atoms with Crippen LogP contribution in [0, 0.1) is 47.9 Å². The standard InChI is InChI=1S/C10H12N2O4/c1-5-6(2)8(4)10(12(15)16)9(7(5)3)11(13)14/h1-4H3. The predicted octanol–water partition coefficient (Wildman–Crippen LogP) is 2.74. The Balaban J connectivity index is 3.83. The minimum absolute atomic E-state index is 0.361. The summed E-state index contributed by atoms with van der Waals surface area (Å²) in [5.74, 6) is 0. The second kappa shape index (κ2) is 3.88. The molecule has 0 radical (unpaired) electrons. The van der Waals surface area contributed by atoms with Crippen LogP contribution >= 0.6 is 0 Å². The zero-order valence-corrected chi connectivity index (χ0v) is 9.53. The Kier molecular flexibility index (Phi) is 2.93. The van der Waals surface area contributed by atoms with E-state index in [-0.39, 0.29) is 0 Å². The molecular formula is C10H12N2O4. The van der Waals surface area contributed by atoms with Crippen LogP contribution < -0.4 is 0 Å². The van der Waals surface area contributed by atoms with Gasteiger partial charge in [0.25, 0.3) is 0 Å². The molecule has 6 nitrogen and oxygen atoms in total. The van der Waals surface area contributed by atoms with Crippen molar-refractivity contribution in [2.75, 3.05) is 0 Å². The molecule has 1 aromatic carbocycles. The third kappa shape index (κ3) is 1.62. The van der Waals surface area contributed by atoms with Gasteiger partial charge >= 0.3 is 11.4 Å². The van der Waals surface area contributed by atoms with E-state index in [1.807, 2.05) is 0 Å². The fraction of sp³-hybridized carbons (Fsp3) is 0.400. The van der Waals surface area contributed by atoms with Gasteiger partial charge in [0.05, 0.1) is 9.85 Å². The lowest BCUT2D eigenvalue weighted by Gasteiger charge is -2.09. The lowest BCUT2D eigenvalue weighted by atomic mass is 9.96. The van der Waals surface area contributed by atoms with Gasteiger partial charge in [0.2, 0.25) is 0 Å². The lowest BCUT2D eigenvalue weighted by molar-refractivity contribution is -0.423. The van der Waals surface area contributed by atoms with Crippen LogP contribution in [-0.4, -0.2) is 9.85 Å². The summed E-state index contributed by atoms with van der Waals surface area (Å²) >= 11 is 0. The monoisotopic (exact) mass is 224 g/mol. The molecule has 0 atom stereocenters. The highest BCUT2D eigenvalue weighted by Crippen LogP contribution is 2.37. The van der Waals surface area contributed by atoms with Crippen molar-refractivity contribution in [2.45, 2.75) is 27.7 Å². The number of hydrogen-bond acceptors (Lipinski definition) is 4. The lowest BCUT2D eigenvalue weighted by Crippen LogP contribution is -2.05. The normalized spacial score (nSPS) is 10.2. The molecule has 0 spiro atoms. The van der Waals surface area contributed by atoms with E-state index in [2.05, 4.69) is 0 Å². The Bertz CT molecular complexity index is 449. The maximum atomic E-state index is 10.9. The van der Waals surface area contributed by atoms with E-state index in [0.717, 1.165) is 11.1 Å². The fourth-order valence-electron chi connectivity index (χ4n) is 1.72. The summed E-state index contributed by atoms with van der Waals surface area (Å²) in [7, 11) is 0. The molecule has 6 heteroatoms. The molecule has 0 N–H and O–H groups in total. The van der Waals surface area contributed by atoms with Crippen LogP contribution in [0.5, 0.6) is 0 Å². The Morgan fingerprint density at radius 2 is 0.938 bits per heavy atom. The largest absolute Gasteiger partial charge is 0.349 e. The summed E-state index contributed by atoms with van der Waals surface area (Å²) in [6.45, 7) is 6.53. The summed E-state index contributed by atoms with van der Waals surface area (Å²) in [6, 6.07) is 0. The Hall–Kier alpha value is -1.98. The van der Waals surface area contributed by atoms with Crippen molar-refractivity contribution in [1.29, 1.82) is 0 Å². The van der Waals surface area contributed by atoms with Crippen LogP contribution in [0.3, 0.4) is 0 Å². The summed E-state index contributed by atoms with van der Waals surface area (Å²) in [4.78, 5) is 20.4. The number of nitro benzene ring substituents is 2. The minimum Gasteiger partial charge on any atom is -0.258 e. The predicted molar refractivity (Wildman–Crippen MR) is 58.7 cm³/mol. The molecule has 0 unspecified atom stereocenters. The van der Waals surface area contributed by atoms with Crippen molar-refractivity contribution in [1.82, 2.24) is 0 Å². The average molecular weight is 224 g/mol. The molecule has 0 fully saturated rings. The smallest absolute Gasteiger partial charge is 0.258 e. The first kappa shape index (κ1) is 12.1. The third-order valence-electron chi connectivity index (χ3n) is 2.99. The van der Waals surface area contributed by atoms with E-state index in [1.165, 1.54) is 13.8 Å². The van der Waals surface area contributed by atoms with Crippen molar-refractivity contribution in [2.24, 2.45) is 0 Å². The summed E-state index contributed by atoms with van der Waals surface area (Å²) in [6.07, 6.45) is 0. The molecule has 0 bridgehead atoms. The van der Waals surface area contributed by atoms with Gasteiger partial charge < -0.3 is 0 Å². The van der Waals surface area contributed by atoms with Gasteiger partial charge in [0.15, 0.2) is 0 Å². The number of benzene rings is 1. The molecule has 0 saturated carbocycles. The van der Waals surface area contributed by atoms with Gasteiger partial charge in [-0.05, 0) is 38.8 Å². The van der Waals surface area contributed by atoms with Crippen LogP contribution in [0.1, 0.15) is 22.3 Å². The van der Waals surface area contributed by atoms with Crippen LogP contribution in [0.15, 0.2) is 0 Å². The van der Waals surface area contributed by atoms with E-state index >= 15 is 0 Å². The van der Waals surface area contributed by atoms with Crippen molar-refractivity contribution >= 4 is 11.4 Å². The molecule has 0 heterocycles. The van der Waals surface area contributed by atoms with Gasteiger partial charge in [0.1, 0.15) is 0 Å². The van der Waals surface area contributed by atoms with Crippen LogP contribution in [0.25, 0.3) is 0 Å². The summed E-state index contributed by atoms with van der Waals surface area (Å²) in [5, 5.41) is 21.7. The van der Waals surface area contributed by atoms with E-state index < -0.39 is 21.2 Å². The number of rotatable bonds is 2. The zero-order chi connectivity index (χ0) is 12.6. The third-order valence-corrected chi connectivity index (χ3v) is 2.99. The van der Waals surface area contributed by atoms with Crippen molar-refractivity contribution in [3.63, 3.8) is 0 Å². The van der Waals surface area contributed by atoms with E-state index in [9.17, 15) is 20.2 Å². The molecule has 16 heavy (non-hydrogen) atoms. The number of hydrogen-bond donors (Lipinski definition) is 0. The Labute approximate surface area is 92.2 Å². The van der Waals surface area contributed by atoms with Gasteiger partial charge in [-0.1, -0.05) is 0 Å². The van der Waals surface area contributed by atoms with E-state index in [1.54, 1.807) is 13.8 Å². The van der Waals surface area contributed by atoms with Crippen LogP contribution in [0.2, 0.25) is 0 Å². The molecule has 86 valence electrons. The Morgan fingerprint density at radius 1 is 0.688 bits per heavy atom. The average Bonchev–Trinajstić information content (AvgIpc) is 2.18. The molecular weight excluding hydrogens is 212 g/mol. The second-order valence-electron chi connectivity index (χ2n) is 3.71. The molecule has 0 amide bonds. The number of nitrogens with zero attached hydrogens (tertiary/aromatic N) is 2. The van der Waals surface area contributed by atoms with E-state index in [4.69, 9.17) is 0 Å². The van der Waals surface area contributed by atoms with Crippen LogP contribution in [0.4, 0.5) is 11.4 Å². The molecule has 1 aromatic rings. The second-order valence-corrected chi connectivity index (χ2v) is 3.71. The zero-order valence-electron chi connectivity index (χ0n) is 9.53. The maximum absolute atomic E-state index is 10.9. The topological polar surface area (TPSA) is 86.3 Å². The molecule has 0 aliphatic heterocycles. The summed E-state index contributed by atoms with van der Waals surface area (Å²) < 4.78 is 0. The first-order valence-corrected chi connectivity index (χ1v) is 4.68. The van der Waals surface area contributed by atoms with E-state index in [0.29, 0.717) is 11.1 Å². The maximum Gasteiger partial charge on any atom is 0.349 e. The Morgan fingerprint density at radius 3 is 1.12 bits per heavy atom. The quantitative estimate of drug-likeness (QED) is 0.570. The fourth-order valence-corrected chi connectivity index (χ4v) is 1.72. The molecule has 0 aliphatic rings. The molecule has 1 rings (SSSR count). The van der Waals surface area contributed by atoms with Gasteiger partial charge in [-0.25, -0.2) is 0 Å². The van der Waals surface area contributed by atoms with Crippen molar-refractivity contribution in [3.05, 3.63) is 42.5 Å². The highest BCUT2D eigenvalue weighted by Gasteiger charge is 2.32. The SMILES string of the molecule is Cc1c(C)c(C)c([N+](=O)[O-])c([N+](=O)[O-])c1C. The first-order valence-electron chi connectivity index (χ1n) is 4.68.